The lowest BCUT2D eigenvalue weighted by atomic mass is 10.0. The predicted molar refractivity (Wildman–Crippen MR) is 59.9 cm³/mol. The Bertz CT molecular complexity index is 230. The number of aliphatic carboxylic acids is 1. The molecule has 2 atom stereocenters. The molecule has 0 aromatic carbocycles. The van der Waals surface area contributed by atoms with Crippen molar-refractivity contribution in [2.75, 3.05) is 6.61 Å². The van der Waals surface area contributed by atoms with E-state index in [1.54, 1.807) is 0 Å². The van der Waals surface area contributed by atoms with Crippen LogP contribution >= 0.6 is 0 Å². The number of ether oxygens (including phenoxy) is 1. The minimum Gasteiger partial charge on any atom is -0.481 e. The monoisotopic (exact) mass is 231 g/mol. The van der Waals surface area contributed by atoms with E-state index in [-0.39, 0.29) is 18.9 Å². The number of nitrogens with two attached hydrogens (primary N) is 1. The van der Waals surface area contributed by atoms with E-state index in [0.29, 0.717) is 12.8 Å². The summed E-state index contributed by atoms with van der Waals surface area (Å²) in [5, 5.41) is 8.39. The molecule has 0 heterocycles. The van der Waals surface area contributed by atoms with E-state index in [4.69, 9.17) is 15.6 Å². The van der Waals surface area contributed by atoms with Crippen LogP contribution in [0.4, 0.5) is 0 Å². The smallest absolute Gasteiger partial charge is 0.323 e. The fourth-order valence-electron chi connectivity index (χ4n) is 1.13. The molecule has 0 aromatic heterocycles. The van der Waals surface area contributed by atoms with Crippen LogP contribution in [0.25, 0.3) is 0 Å². The van der Waals surface area contributed by atoms with Gasteiger partial charge in [0.2, 0.25) is 0 Å². The van der Waals surface area contributed by atoms with Gasteiger partial charge in [-0.25, -0.2) is 0 Å². The van der Waals surface area contributed by atoms with Crippen molar-refractivity contribution in [3.63, 3.8) is 0 Å². The number of carbonyl (C=O) groups is 2. The number of hydrogen-bond donors (Lipinski definition) is 2. The van der Waals surface area contributed by atoms with E-state index in [2.05, 4.69) is 0 Å². The molecule has 0 rings (SSSR count). The zero-order valence-electron chi connectivity index (χ0n) is 9.94. The van der Waals surface area contributed by atoms with Crippen LogP contribution in [0.15, 0.2) is 0 Å². The molecule has 16 heavy (non-hydrogen) atoms. The first-order valence-electron chi connectivity index (χ1n) is 5.63. The van der Waals surface area contributed by atoms with Crippen molar-refractivity contribution in [3.05, 3.63) is 0 Å². The maximum Gasteiger partial charge on any atom is 0.323 e. The zero-order chi connectivity index (χ0) is 12.6. The highest BCUT2D eigenvalue weighted by atomic mass is 16.5. The molecule has 0 spiro atoms. The van der Waals surface area contributed by atoms with E-state index >= 15 is 0 Å². The van der Waals surface area contributed by atoms with E-state index in [9.17, 15) is 9.59 Å². The highest BCUT2D eigenvalue weighted by Gasteiger charge is 2.20. The lowest BCUT2D eigenvalue weighted by Gasteiger charge is -2.16. The second-order valence-electron chi connectivity index (χ2n) is 3.93. The van der Waals surface area contributed by atoms with Crippen molar-refractivity contribution in [1.29, 1.82) is 0 Å². The van der Waals surface area contributed by atoms with Crippen molar-refractivity contribution in [1.82, 2.24) is 0 Å². The Labute approximate surface area is 96.0 Å². The molecule has 0 saturated heterocycles. The average molecular weight is 231 g/mol. The summed E-state index contributed by atoms with van der Waals surface area (Å²) in [6, 6.07) is -0.579. The molecule has 0 aliphatic heterocycles. The minimum absolute atomic E-state index is 0.103. The van der Waals surface area contributed by atoms with Gasteiger partial charge in [-0.05, 0) is 18.8 Å². The standard InChI is InChI=1S/C11H21NO4/c1-3-8(2)10(12)11(15)16-7-5-4-6-9(13)14/h8,10H,3-7,12H2,1-2H3,(H,13,14). The van der Waals surface area contributed by atoms with Gasteiger partial charge in [0.15, 0.2) is 0 Å². The molecular formula is C11H21NO4. The first kappa shape index (κ1) is 14.9. The number of esters is 1. The third-order valence-electron chi connectivity index (χ3n) is 2.56. The lowest BCUT2D eigenvalue weighted by Crippen LogP contribution is -2.38. The molecule has 0 fully saturated rings. The van der Waals surface area contributed by atoms with E-state index in [0.717, 1.165) is 6.42 Å². The van der Waals surface area contributed by atoms with Crippen LogP contribution in [-0.2, 0) is 14.3 Å². The van der Waals surface area contributed by atoms with Crippen molar-refractivity contribution < 1.29 is 19.4 Å². The average Bonchev–Trinajstić information content (AvgIpc) is 2.25. The topological polar surface area (TPSA) is 89.6 Å². The van der Waals surface area contributed by atoms with E-state index in [1.807, 2.05) is 13.8 Å². The van der Waals surface area contributed by atoms with Crippen LogP contribution in [0.3, 0.4) is 0 Å². The van der Waals surface area contributed by atoms with Gasteiger partial charge >= 0.3 is 11.9 Å². The molecule has 5 heteroatoms. The summed E-state index contributed by atoms with van der Waals surface area (Å²) in [5.74, 6) is -1.13. The number of hydrogen-bond acceptors (Lipinski definition) is 4. The molecule has 0 saturated carbocycles. The molecule has 0 bridgehead atoms. The van der Waals surface area contributed by atoms with Crippen LogP contribution in [0.1, 0.15) is 39.5 Å². The number of carbonyl (C=O) groups excluding carboxylic acids is 1. The van der Waals surface area contributed by atoms with Crippen LogP contribution in [0.5, 0.6) is 0 Å². The summed E-state index contributed by atoms with van der Waals surface area (Å²) in [6.45, 7) is 4.11. The van der Waals surface area contributed by atoms with Gasteiger partial charge in [-0.1, -0.05) is 20.3 Å². The number of carboxylic acid groups (broad SMARTS) is 1. The molecule has 2 unspecified atom stereocenters. The summed E-state index contributed by atoms with van der Waals surface area (Å²) < 4.78 is 4.95. The molecule has 0 aromatic rings. The van der Waals surface area contributed by atoms with Gasteiger partial charge in [0, 0.05) is 6.42 Å². The third-order valence-corrected chi connectivity index (χ3v) is 2.56. The SMILES string of the molecule is CCC(C)C(N)C(=O)OCCCCC(=O)O. The van der Waals surface area contributed by atoms with Crippen molar-refractivity contribution in [3.8, 4) is 0 Å². The quantitative estimate of drug-likeness (QED) is 0.483. The Morgan fingerprint density at radius 2 is 2.00 bits per heavy atom. The Balaban J connectivity index is 3.61. The molecule has 94 valence electrons. The maximum atomic E-state index is 11.4. The predicted octanol–water partition coefficient (Wildman–Crippen LogP) is 1.16. The fourth-order valence-corrected chi connectivity index (χ4v) is 1.13. The van der Waals surface area contributed by atoms with Gasteiger partial charge in [0.1, 0.15) is 6.04 Å². The summed E-state index contributed by atoms with van der Waals surface area (Å²) in [5.41, 5.74) is 5.67. The molecule has 0 aliphatic carbocycles. The second kappa shape index (κ2) is 8.10. The Hall–Kier alpha value is -1.10. The van der Waals surface area contributed by atoms with Crippen molar-refractivity contribution in [2.45, 2.75) is 45.6 Å². The summed E-state index contributed by atoms with van der Waals surface area (Å²) in [4.78, 5) is 21.6. The largest absolute Gasteiger partial charge is 0.481 e. The van der Waals surface area contributed by atoms with Crippen LogP contribution < -0.4 is 5.73 Å². The lowest BCUT2D eigenvalue weighted by molar-refractivity contribution is -0.146. The molecule has 5 nitrogen and oxygen atoms in total. The summed E-state index contributed by atoms with van der Waals surface area (Å²) in [6.07, 6.45) is 2.01. The van der Waals surface area contributed by atoms with Gasteiger partial charge < -0.3 is 15.6 Å². The normalized spacial score (nSPS) is 14.2. The molecule has 3 N–H and O–H groups in total. The first-order valence-corrected chi connectivity index (χ1v) is 5.63. The molecular weight excluding hydrogens is 210 g/mol. The van der Waals surface area contributed by atoms with E-state index < -0.39 is 18.0 Å². The first-order chi connectivity index (χ1) is 7.49. The van der Waals surface area contributed by atoms with Crippen molar-refractivity contribution >= 4 is 11.9 Å². The number of unbranched alkanes of at least 4 members (excludes halogenated alkanes) is 1. The maximum absolute atomic E-state index is 11.4. The van der Waals surface area contributed by atoms with Crippen LogP contribution in [0.2, 0.25) is 0 Å². The van der Waals surface area contributed by atoms with Crippen LogP contribution in [0, 0.1) is 5.92 Å². The summed E-state index contributed by atoms with van der Waals surface area (Å²) in [7, 11) is 0. The van der Waals surface area contributed by atoms with E-state index in [1.165, 1.54) is 0 Å². The van der Waals surface area contributed by atoms with Gasteiger partial charge in [-0.3, -0.25) is 9.59 Å². The summed E-state index contributed by atoms with van der Waals surface area (Å²) >= 11 is 0. The zero-order valence-corrected chi connectivity index (χ0v) is 9.94. The molecule has 0 amide bonds. The Morgan fingerprint density at radius 1 is 1.38 bits per heavy atom. The van der Waals surface area contributed by atoms with Crippen LogP contribution in [-0.4, -0.2) is 29.7 Å². The van der Waals surface area contributed by atoms with Gasteiger partial charge in [-0.15, -0.1) is 0 Å². The molecule has 0 radical (unpaired) electrons. The number of rotatable bonds is 8. The highest BCUT2D eigenvalue weighted by molar-refractivity contribution is 5.75. The van der Waals surface area contributed by atoms with Crippen molar-refractivity contribution in [2.24, 2.45) is 11.7 Å². The third kappa shape index (κ3) is 6.40. The van der Waals surface area contributed by atoms with Gasteiger partial charge in [0.05, 0.1) is 6.61 Å². The highest BCUT2D eigenvalue weighted by Crippen LogP contribution is 2.07. The minimum atomic E-state index is -0.831. The Morgan fingerprint density at radius 3 is 2.50 bits per heavy atom. The van der Waals surface area contributed by atoms with Gasteiger partial charge in [0.25, 0.3) is 0 Å². The fraction of sp³-hybridized carbons (Fsp3) is 0.818. The molecule has 0 aliphatic rings. The van der Waals surface area contributed by atoms with Gasteiger partial charge in [-0.2, -0.15) is 0 Å². The number of carboxylic acids is 1. The second-order valence-corrected chi connectivity index (χ2v) is 3.93. The Kier molecular flexibility index (Phi) is 7.54.